The van der Waals surface area contributed by atoms with Crippen LogP contribution < -0.4 is 5.32 Å². The van der Waals surface area contributed by atoms with Crippen molar-refractivity contribution in [1.29, 1.82) is 0 Å². The minimum Gasteiger partial charge on any atom is -0.312 e. The lowest BCUT2D eigenvalue weighted by atomic mass is 10.0. The van der Waals surface area contributed by atoms with Crippen LogP contribution in [0, 0.1) is 12.8 Å². The molecule has 120 valence electrons. The Morgan fingerprint density at radius 2 is 1.86 bits per heavy atom. The number of benzene rings is 1. The number of aromatic nitrogens is 2. The number of aryl methyl sites for hydroxylation is 1. The molecule has 1 unspecified atom stereocenters. The minimum atomic E-state index is 0.478. The molecule has 0 spiro atoms. The summed E-state index contributed by atoms with van der Waals surface area (Å²) in [5.74, 6) is 1.02. The van der Waals surface area contributed by atoms with Gasteiger partial charge in [0.2, 0.25) is 0 Å². The molecule has 4 heteroatoms. The van der Waals surface area contributed by atoms with Gasteiger partial charge in [-0.2, -0.15) is 5.10 Å². The summed E-state index contributed by atoms with van der Waals surface area (Å²) < 4.78 is 1.92. The normalized spacial score (nSPS) is 12.8. The van der Waals surface area contributed by atoms with Crippen molar-refractivity contribution in [3.05, 3.63) is 52.3 Å². The predicted molar refractivity (Wildman–Crippen MR) is 93.4 cm³/mol. The van der Waals surface area contributed by atoms with Crippen molar-refractivity contribution >= 4 is 11.6 Å². The number of nitrogens with one attached hydrogen (secondary N) is 1. The Morgan fingerprint density at radius 3 is 2.50 bits per heavy atom. The van der Waals surface area contributed by atoms with Crippen LogP contribution in [-0.4, -0.2) is 16.3 Å². The van der Waals surface area contributed by atoms with Gasteiger partial charge in [-0.05, 0) is 24.3 Å². The standard InChI is InChI=1S/C18H26ClN3/c1-13(2)12-22-18(19)17(15(4)21-22)11-20-10-14(3)16-8-6-5-7-9-16/h5-9,13-14,20H,10-12H2,1-4H3. The lowest BCUT2D eigenvalue weighted by Gasteiger charge is -2.13. The zero-order valence-electron chi connectivity index (χ0n) is 13.9. The lowest BCUT2D eigenvalue weighted by Crippen LogP contribution is -2.20. The van der Waals surface area contributed by atoms with E-state index in [9.17, 15) is 0 Å². The van der Waals surface area contributed by atoms with E-state index < -0.39 is 0 Å². The van der Waals surface area contributed by atoms with Crippen LogP contribution in [0.25, 0.3) is 0 Å². The Kier molecular flexibility index (Phi) is 6.04. The van der Waals surface area contributed by atoms with Crippen molar-refractivity contribution in [1.82, 2.24) is 15.1 Å². The maximum atomic E-state index is 6.47. The Morgan fingerprint density at radius 1 is 1.18 bits per heavy atom. The summed E-state index contributed by atoms with van der Waals surface area (Å²) in [6.45, 7) is 11.2. The molecule has 0 aliphatic rings. The fourth-order valence-corrected chi connectivity index (χ4v) is 2.88. The van der Waals surface area contributed by atoms with Crippen LogP contribution in [0.4, 0.5) is 0 Å². The predicted octanol–water partition coefficient (Wildman–Crippen LogP) is 4.39. The van der Waals surface area contributed by atoms with Crippen molar-refractivity contribution in [2.24, 2.45) is 5.92 Å². The highest BCUT2D eigenvalue weighted by molar-refractivity contribution is 6.30. The van der Waals surface area contributed by atoms with Crippen LogP contribution in [0.1, 0.15) is 43.5 Å². The molecule has 1 aromatic carbocycles. The molecule has 1 atom stereocenters. The van der Waals surface area contributed by atoms with Gasteiger partial charge in [0, 0.05) is 25.2 Å². The van der Waals surface area contributed by atoms with E-state index in [0.717, 1.165) is 36.0 Å². The second-order valence-corrected chi connectivity index (χ2v) is 6.73. The van der Waals surface area contributed by atoms with Gasteiger partial charge in [-0.3, -0.25) is 4.68 Å². The molecule has 3 nitrogen and oxygen atoms in total. The first kappa shape index (κ1) is 17.0. The third kappa shape index (κ3) is 4.34. The molecule has 0 saturated heterocycles. The molecule has 0 aliphatic heterocycles. The fraction of sp³-hybridized carbons (Fsp3) is 0.500. The molecule has 0 saturated carbocycles. The van der Waals surface area contributed by atoms with E-state index in [4.69, 9.17) is 11.6 Å². The Balaban J connectivity index is 1.93. The number of hydrogen-bond acceptors (Lipinski definition) is 2. The van der Waals surface area contributed by atoms with Gasteiger partial charge in [0.05, 0.1) is 5.69 Å². The van der Waals surface area contributed by atoms with Crippen molar-refractivity contribution < 1.29 is 0 Å². The van der Waals surface area contributed by atoms with Crippen molar-refractivity contribution in [3.8, 4) is 0 Å². The average molecular weight is 320 g/mol. The smallest absolute Gasteiger partial charge is 0.131 e. The Labute approximate surface area is 138 Å². The molecule has 0 aliphatic carbocycles. The van der Waals surface area contributed by atoms with E-state index >= 15 is 0 Å². The van der Waals surface area contributed by atoms with Crippen LogP contribution in [0.3, 0.4) is 0 Å². The maximum Gasteiger partial charge on any atom is 0.131 e. The van der Waals surface area contributed by atoms with E-state index in [1.54, 1.807) is 0 Å². The van der Waals surface area contributed by atoms with Gasteiger partial charge in [0.25, 0.3) is 0 Å². The van der Waals surface area contributed by atoms with E-state index in [2.05, 4.69) is 61.5 Å². The maximum absolute atomic E-state index is 6.47. The second-order valence-electron chi connectivity index (χ2n) is 6.37. The van der Waals surface area contributed by atoms with Crippen LogP contribution in [0.5, 0.6) is 0 Å². The molecular weight excluding hydrogens is 294 g/mol. The molecule has 2 rings (SSSR count). The molecule has 1 aromatic heterocycles. The summed E-state index contributed by atoms with van der Waals surface area (Å²) in [6.07, 6.45) is 0. The number of hydrogen-bond donors (Lipinski definition) is 1. The molecular formula is C18H26ClN3. The first-order chi connectivity index (χ1) is 10.5. The Hall–Kier alpha value is -1.32. The van der Waals surface area contributed by atoms with Crippen molar-refractivity contribution in [3.63, 3.8) is 0 Å². The van der Waals surface area contributed by atoms with Crippen molar-refractivity contribution in [2.45, 2.75) is 46.7 Å². The highest BCUT2D eigenvalue weighted by Crippen LogP contribution is 2.21. The largest absolute Gasteiger partial charge is 0.312 e. The van der Waals surface area contributed by atoms with Gasteiger partial charge >= 0.3 is 0 Å². The highest BCUT2D eigenvalue weighted by Gasteiger charge is 2.14. The quantitative estimate of drug-likeness (QED) is 0.820. The molecule has 0 fully saturated rings. The summed E-state index contributed by atoms with van der Waals surface area (Å²) in [5.41, 5.74) is 3.49. The summed E-state index contributed by atoms with van der Waals surface area (Å²) >= 11 is 6.47. The van der Waals surface area contributed by atoms with E-state index in [0.29, 0.717) is 11.8 Å². The second kappa shape index (κ2) is 7.80. The van der Waals surface area contributed by atoms with Crippen LogP contribution in [0.15, 0.2) is 30.3 Å². The number of rotatable bonds is 7. The summed E-state index contributed by atoms with van der Waals surface area (Å²) in [6, 6.07) is 10.6. The zero-order valence-corrected chi connectivity index (χ0v) is 14.7. The first-order valence-electron chi connectivity index (χ1n) is 7.96. The topological polar surface area (TPSA) is 29.9 Å². The van der Waals surface area contributed by atoms with Gasteiger partial charge in [0.1, 0.15) is 5.15 Å². The molecule has 2 aromatic rings. The number of nitrogens with zero attached hydrogens (tertiary/aromatic N) is 2. The summed E-state index contributed by atoms with van der Waals surface area (Å²) in [7, 11) is 0. The molecule has 1 N–H and O–H groups in total. The van der Waals surface area contributed by atoms with Crippen LogP contribution in [0.2, 0.25) is 5.15 Å². The third-order valence-corrected chi connectivity index (χ3v) is 4.27. The van der Waals surface area contributed by atoms with Crippen LogP contribution in [-0.2, 0) is 13.1 Å². The fourth-order valence-electron chi connectivity index (χ4n) is 2.57. The minimum absolute atomic E-state index is 0.478. The third-order valence-electron chi connectivity index (χ3n) is 3.84. The highest BCUT2D eigenvalue weighted by atomic mass is 35.5. The lowest BCUT2D eigenvalue weighted by molar-refractivity contribution is 0.481. The summed E-state index contributed by atoms with van der Waals surface area (Å²) in [5, 5.41) is 8.83. The molecule has 22 heavy (non-hydrogen) atoms. The first-order valence-corrected chi connectivity index (χ1v) is 8.34. The molecule has 0 bridgehead atoms. The van der Waals surface area contributed by atoms with E-state index in [1.807, 2.05) is 11.6 Å². The van der Waals surface area contributed by atoms with Gasteiger partial charge in [-0.15, -0.1) is 0 Å². The van der Waals surface area contributed by atoms with E-state index in [-0.39, 0.29) is 0 Å². The van der Waals surface area contributed by atoms with Gasteiger partial charge < -0.3 is 5.32 Å². The van der Waals surface area contributed by atoms with Gasteiger partial charge in [0.15, 0.2) is 0 Å². The molecule has 1 heterocycles. The SMILES string of the molecule is Cc1nn(CC(C)C)c(Cl)c1CNCC(C)c1ccccc1. The summed E-state index contributed by atoms with van der Waals surface area (Å²) in [4.78, 5) is 0. The van der Waals surface area contributed by atoms with Crippen molar-refractivity contribution in [2.75, 3.05) is 6.54 Å². The van der Waals surface area contributed by atoms with Crippen LogP contribution >= 0.6 is 11.6 Å². The Bertz CT molecular complexity index is 590. The average Bonchev–Trinajstić information content (AvgIpc) is 2.74. The molecule has 0 amide bonds. The monoisotopic (exact) mass is 319 g/mol. The van der Waals surface area contributed by atoms with Gasteiger partial charge in [-0.1, -0.05) is 62.7 Å². The number of halogens is 1. The van der Waals surface area contributed by atoms with E-state index in [1.165, 1.54) is 5.56 Å². The molecule has 0 radical (unpaired) electrons. The van der Waals surface area contributed by atoms with Gasteiger partial charge in [-0.25, -0.2) is 0 Å². The zero-order chi connectivity index (χ0) is 16.1.